The number of carbonyl (C=O) groups is 2. The lowest BCUT2D eigenvalue weighted by Crippen LogP contribution is -2.30. The first-order chi connectivity index (χ1) is 14.8. The minimum absolute atomic E-state index is 0.190. The monoisotopic (exact) mass is 441 g/mol. The summed E-state index contributed by atoms with van der Waals surface area (Å²) in [5, 5.41) is 12.8. The minimum Gasteiger partial charge on any atom is -0.507 e. The van der Waals surface area contributed by atoms with Gasteiger partial charge in [-0.05, 0) is 54.3 Å². The number of carbonyl (C=O) groups excluding carboxylic acids is 2. The van der Waals surface area contributed by atoms with Crippen LogP contribution >= 0.6 is 11.3 Å². The van der Waals surface area contributed by atoms with Gasteiger partial charge in [-0.2, -0.15) is 0 Å². The predicted molar refractivity (Wildman–Crippen MR) is 113 cm³/mol. The van der Waals surface area contributed by atoms with Gasteiger partial charge in [0.2, 0.25) is 0 Å². The van der Waals surface area contributed by atoms with Crippen molar-refractivity contribution in [3.05, 3.63) is 87.1 Å². The average molecular weight is 441 g/mol. The highest BCUT2D eigenvalue weighted by Crippen LogP contribution is 2.44. The van der Waals surface area contributed by atoms with Crippen LogP contribution in [0.3, 0.4) is 0 Å². The van der Waals surface area contributed by atoms with Gasteiger partial charge in [-0.15, -0.1) is 11.3 Å². The van der Waals surface area contributed by atoms with Crippen LogP contribution in [0, 0.1) is 18.6 Å². The van der Waals surface area contributed by atoms with Gasteiger partial charge in [0.15, 0.2) is 0 Å². The van der Waals surface area contributed by atoms with Crippen LogP contribution in [0.4, 0.5) is 14.5 Å². The lowest BCUT2D eigenvalue weighted by Gasteiger charge is -2.24. The highest BCUT2D eigenvalue weighted by atomic mass is 32.1. The first kappa shape index (κ1) is 20.7. The summed E-state index contributed by atoms with van der Waals surface area (Å²) in [6, 6.07) is 9.82. The number of aryl methyl sites for hydroxylation is 1. The van der Waals surface area contributed by atoms with Gasteiger partial charge >= 0.3 is 0 Å². The minimum atomic E-state index is -1.10. The molecule has 1 N–H and O–H groups in total. The van der Waals surface area contributed by atoms with Crippen molar-refractivity contribution in [2.75, 3.05) is 12.0 Å². The first-order valence-electron chi connectivity index (χ1n) is 9.28. The van der Waals surface area contributed by atoms with Crippen molar-refractivity contribution >= 4 is 34.5 Å². The third kappa shape index (κ3) is 3.48. The number of halogens is 2. The summed E-state index contributed by atoms with van der Waals surface area (Å²) < 4.78 is 33.6. The van der Waals surface area contributed by atoms with E-state index in [9.17, 15) is 23.5 Å². The van der Waals surface area contributed by atoms with Crippen LogP contribution in [0.25, 0.3) is 5.76 Å². The second-order valence-corrected chi connectivity index (χ2v) is 7.94. The molecule has 1 saturated heterocycles. The van der Waals surface area contributed by atoms with Gasteiger partial charge in [-0.25, -0.2) is 8.78 Å². The molecule has 0 aliphatic carbocycles. The molecule has 3 aromatic rings. The van der Waals surface area contributed by atoms with E-state index in [1.54, 1.807) is 42.6 Å². The van der Waals surface area contributed by atoms with Crippen LogP contribution in [-0.2, 0) is 9.59 Å². The lowest BCUT2D eigenvalue weighted by molar-refractivity contribution is -0.132. The van der Waals surface area contributed by atoms with Crippen LogP contribution in [-0.4, -0.2) is 23.9 Å². The molecule has 8 heteroatoms. The number of nitrogens with zero attached hydrogens (tertiary/aromatic N) is 1. The molecule has 0 spiro atoms. The Morgan fingerprint density at radius 1 is 1.13 bits per heavy atom. The molecular weight excluding hydrogens is 424 g/mol. The van der Waals surface area contributed by atoms with Crippen molar-refractivity contribution < 1.29 is 28.2 Å². The number of ether oxygens (including phenoxy) is 1. The molecule has 1 aliphatic heterocycles. The Labute approximate surface area is 180 Å². The molecule has 5 nitrogen and oxygen atoms in total. The Kier molecular flexibility index (Phi) is 5.32. The summed E-state index contributed by atoms with van der Waals surface area (Å²) in [6.07, 6.45) is 0. The molecule has 1 aromatic heterocycles. The van der Waals surface area contributed by atoms with Gasteiger partial charge in [0.25, 0.3) is 11.7 Å². The van der Waals surface area contributed by atoms with Gasteiger partial charge in [-0.3, -0.25) is 14.5 Å². The standard InChI is InChI=1S/C23H17F2NO4S/c1-12-10-14(30-2)6-7-15(12)21(27)19-20(18-4-3-9-31-18)26(23(29)22(19)28)17-11-13(24)5-8-16(17)25/h3-11,20,27H,1-2H3/b21-19-. The van der Waals surface area contributed by atoms with Crippen LogP contribution in [0.15, 0.2) is 59.5 Å². The number of hydrogen-bond donors (Lipinski definition) is 1. The molecule has 31 heavy (non-hydrogen) atoms. The number of rotatable bonds is 4. The van der Waals surface area contributed by atoms with Crippen molar-refractivity contribution in [2.24, 2.45) is 0 Å². The summed E-state index contributed by atoms with van der Waals surface area (Å²) in [6.45, 7) is 1.72. The van der Waals surface area contributed by atoms with Crippen molar-refractivity contribution in [1.82, 2.24) is 0 Å². The van der Waals surface area contributed by atoms with E-state index in [4.69, 9.17) is 4.74 Å². The molecule has 1 unspecified atom stereocenters. The van der Waals surface area contributed by atoms with E-state index >= 15 is 0 Å². The molecule has 1 fully saturated rings. The Morgan fingerprint density at radius 2 is 1.90 bits per heavy atom. The largest absolute Gasteiger partial charge is 0.507 e. The third-order valence-electron chi connectivity index (χ3n) is 5.11. The molecule has 0 saturated carbocycles. The molecule has 2 heterocycles. The first-order valence-corrected chi connectivity index (χ1v) is 10.2. The summed E-state index contributed by atoms with van der Waals surface area (Å²) >= 11 is 1.23. The molecule has 1 aliphatic rings. The number of hydrogen-bond acceptors (Lipinski definition) is 5. The highest BCUT2D eigenvalue weighted by molar-refractivity contribution is 7.10. The number of methoxy groups -OCH3 is 1. The van der Waals surface area contributed by atoms with Gasteiger partial charge in [0, 0.05) is 16.5 Å². The van der Waals surface area contributed by atoms with E-state index in [2.05, 4.69) is 0 Å². The third-order valence-corrected chi connectivity index (χ3v) is 6.04. The summed E-state index contributed by atoms with van der Waals surface area (Å²) in [5.41, 5.74) is 0.389. The Balaban J connectivity index is 1.95. The second kappa shape index (κ2) is 7.96. The summed E-state index contributed by atoms with van der Waals surface area (Å²) in [4.78, 5) is 27.4. The Hall–Kier alpha value is -3.52. The molecule has 1 amide bonds. The maximum atomic E-state index is 14.6. The second-order valence-electron chi connectivity index (χ2n) is 6.96. The predicted octanol–water partition coefficient (Wildman–Crippen LogP) is 4.97. The topological polar surface area (TPSA) is 66.8 Å². The molecule has 2 aromatic carbocycles. The van der Waals surface area contributed by atoms with Crippen LogP contribution < -0.4 is 9.64 Å². The Bertz CT molecular complexity index is 1220. The number of aliphatic hydroxyl groups excluding tert-OH is 1. The molecule has 0 radical (unpaired) electrons. The van der Waals surface area contributed by atoms with E-state index in [1.807, 2.05) is 0 Å². The number of thiophene rings is 1. The van der Waals surface area contributed by atoms with Gasteiger partial charge in [0.05, 0.1) is 18.4 Å². The fourth-order valence-electron chi connectivity index (χ4n) is 3.64. The van der Waals surface area contributed by atoms with Crippen molar-refractivity contribution in [1.29, 1.82) is 0 Å². The molecule has 0 bridgehead atoms. The number of ketones is 1. The molecule has 158 valence electrons. The number of anilines is 1. The van der Waals surface area contributed by atoms with Gasteiger partial charge in [-0.1, -0.05) is 6.07 Å². The van der Waals surface area contributed by atoms with Gasteiger partial charge in [0.1, 0.15) is 29.2 Å². The normalized spacial score (nSPS) is 17.9. The fourth-order valence-corrected chi connectivity index (χ4v) is 4.46. The average Bonchev–Trinajstić information content (AvgIpc) is 3.36. The summed E-state index contributed by atoms with van der Waals surface area (Å²) in [7, 11) is 1.50. The number of amides is 1. The van der Waals surface area contributed by atoms with Crippen molar-refractivity contribution in [2.45, 2.75) is 13.0 Å². The zero-order valence-electron chi connectivity index (χ0n) is 16.6. The zero-order chi connectivity index (χ0) is 22.3. The summed E-state index contributed by atoms with van der Waals surface area (Å²) in [5.74, 6) is -3.47. The maximum Gasteiger partial charge on any atom is 0.300 e. The SMILES string of the molecule is COc1ccc(/C(O)=C2/C(=O)C(=O)N(c3cc(F)ccc3F)C2c2cccs2)c(C)c1. The Morgan fingerprint density at radius 3 is 2.55 bits per heavy atom. The van der Waals surface area contributed by atoms with E-state index in [1.165, 1.54) is 18.4 Å². The maximum absolute atomic E-state index is 14.6. The highest BCUT2D eigenvalue weighted by Gasteiger charge is 2.48. The molecular formula is C23H17F2NO4S. The fraction of sp³-hybridized carbons (Fsp3) is 0.130. The smallest absolute Gasteiger partial charge is 0.300 e. The van der Waals surface area contributed by atoms with Crippen LogP contribution in [0.1, 0.15) is 22.0 Å². The number of benzene rings is 2. The zero-order valence-corrected chi connectivity index (χ0v) is 17.4. The van der Waals surface area contributed by atoms with E-state index in [0.29, 0.717) is 21.8 Å². The van der Waals surface area contributed by atoms with Crippen molar-refractivity contribution in [3.63, 3.8) is 0 Å². The van der Waals surface area contributed by atoms with E-state index in [0.717, 1.165) is 23.1 Å². The van der Waals surface area contributed by atoms with Gasteiger partial charge < -0.3 is 9.84 Å². The number of Topliss-reactive ketones (excluding diaryl/α,β-unsaturated/α-hetero) is 1. The van der Waals surface area contributed by atoms with Crippen molar-refractivity contribution in [3.8, 4) is 5.75 Å². The molecule has 4 rings (SSSR count). The van der Waals surface area contributed by atoms with Crippen LogP contribution in [0.5, 0.6) is 5.75 Å². The lowest BCUT2D eigenvalue weighted by atomic mass is 9.97. The number of aliphatic hydroxyl groups is 1. The van der Waals surface area contributed by atoms with E-state index in [-0.39, 0.29) is 11.3 Å². The molecule has 1 atom stereocenters. The van der Waals surface area contributed by atoms with Crippen LogP contribution in [0.2, 0.25) is 0 Å². The quantitative estimate of drug-likeness (QED) is 0.353. The van der Waals surface area contributed by atoms with E-state index < -0.39 is 35.1 Å².